The Balaban J connectivity index is 1.77. The van der Waals surface area contributed by atoms with Gasteiger partial charge in [-0.05, 0) is 29.5 Å². The zero-order valence-electron chi connectivity index (χ0n) is 11.1. The lowest BCUT2D eigenvalue weighted by atomic mass is 10.2. The van der Waals surface area contributed by atoms with Crippen molar-refractivity contribution in [2.75, 3.05) is 5.32 Å². The summed E-state index contributed by atoms with van der Waals surface area (Å²) in [5.74, 6) is 0. The molecule has 0 saturated carbocycles. The van der Waals surface area contributed by atoms with Crippen molar-refractivity contribution in [2.24, 2.45) is 0 Å². The highest BCUT2D eigenvalue weighted by Gasteiger charge is 2.05. The summed E-state index contributed by atoms with van der Waals surface area (Å²) in [5, 5.41) is 18.9. The summed E-state index contributed by atoms with van der Waals surface area (Å²) < 4.78 is 3.54. The van der Waals surface area contributed by atoms with Gasteiger partial charge in [0.2, 0.25) is 0 Å². The summed E-state index contributed by atoms with van der Waals surface area (Å²) in [4.78, 5) is 0. The van der Waals surface area contributed by atoms with Crippen LogP contribution in [-0.2, 0) is 13.1 Å². The van der Waals surface area contributed by atoms with Gasteiger partial charge in [0.1, 0.15) is 6.33 Å². The van der Waals surface area contributed by atoms with E-state index in [0.717, 1.165) is 23.5 Å². The van der Waals surface area contributed by atoms with Crippen LogP contribution in [-0.4, -0.2) is 30.0 Å². The number of benzene rings is 1. The van der Waals surface area contributed by atoms with E-state index in [2.05, 4.69) is 32.9 Å². The van der Waals surface area contributed by atoms with Gasteiger partial charge in [0.25, 0.3) is 0 Å². The quantitative estimate of drug-likeness (QED) is 0.759. The van der Waals surface area contributed by atoms with Crippen LogP contribution >= 0.6 is 0 Å². The van der Waals surface area contributed by atoms with Crippen LogP contribution in [0.2, 0.25) is 0 Å². The van der Waals surface area contributed by atoms with Crippen molar-refractivity contribution in [3.8, 4) is 5.69 Å². The second kappa shape index (κ2) is 5.52. The number of nitrogens with one attached hydrogen (secondary N) is 1. The summed E-state index contributed by atoms with van der Waals surface area (Å²) in [6, 6.07) is 7.90. The molecule has 20 heavy (non-hydrogen) atoms. The van der Waals surface area contributed by atoms with E-state index in [4.69, 9.17) is 0 Å². The minimum absolute atomic E-state index is 0.707. The first-order valence-electron chi connectivity index (χ1n) is 6.44. The molecule has 0 aliphatic heterocycles. The molecule has 0 bridgehead atoms. The molecule has 2 aromatic heterocycles. The first kappa shape index (κ1) is 12.3. The predicted molar refractivity (Wildman–Crippen MR) is 74.4 cm³/mol. The molecule has 7 nitrogen and oxygen atoms in total. The molecule has 0 amide bonds. The Bertz CT molecular complexity index is 672. The van der Waals surface area contributed by atoms with E-state index in [1.807, 2.05) is 41.3 Å². The largest absolute Gasteiger partial charge is 0.379 e. The highest BCUT2D eigenvalue weighted by molar-refractivity contribution is 5.60. The number of para-hydroxylation sites is 2. The standard InChI is InChI=1S/C13H15N7/c1-2-19-9-11(8-16-19)7-14-12-5-3-4-6-13(12)20-10-15-17-18-20/h3-6,8-10,14H,2,7H2,1H3. The molecule has 0 aliphatic rings. The minimum atomic E-state index is 0.707. The summed E-state index contributed by atoms with van der Waals surface area (Å²) in [5.41, 5.74) is 3.03. The van der Waals surface area contributed by atoms with Gasteiger partial charge in [-0.2, -0.15) is 9.78 Å². The maximum atomic E-state index is 4.26. The normalized spacial score (nSPS) is 10.7. The molecule has 7 heteroatoms. The molecular formula is C13H15N7. The van der Waals surface area contributed by atoms with Gasteiger partial charge in [0.15, 0.2) is 0 Å². The Morgan fingerprint density at radius 2 is 2.15 bits per heavy atom. The van der Waals surface area contributed by atoms with E-state index in [0.29, 0.717) is 6.54 Å². The highest BCUT2D eigenvalue weighted by Crippen LogP contribution is 2.19. The summed E-state index contributed by atoms with van der Waals surface area (Å²) in [6.07, 6.45) is 5.48. The third kappa shape index (κ3) is 2.51. The lowest BCUT2D eigenvalue weighted by molar-refractivity contribution is 0.659. The zero-order valence-corrected chi connectivity index (χ0v) is 11.1. The fourth-order valence-electron chi connectivity index (χ4n) is 1.96. The molecule has 0 saturated heterocycles. The lowest BCUT2D eigenvalue weighted by Crippen LogP contribution is -2.04. The van der Waals surface area contributed by atoms with Crippen molar-refractivity contribution in [3.05, 3.63) is 48.5 Å². The number of tetrazole rings is 1. The van der Waals surface area contributed by atoms with Crippen LogP contribution in [0.5, 0.6) is 0 Å². The number of aromatic nitrogens is 6. The van der Waals surface area contributed by atoms with Gasteiger partial charge < -0.3 is 5.32 Å². The van der Waals surface area contributed by atoms with Crippen molar-refractivity contribution in [2.45, 2.75) is 20.0 Å². The maximum absolute atomic E-state index is 4.26. The Morgan fingerprint density at radius 3 is 2.90 bits per heavy atom. The molecule has 0 spiro atoms. The summed E-state index contributed by atoms with van der Waals surface area (Å²) >= 11 is 0. The van der Waals surface area contributed by atoms with Crippen LogP contribution in [0.25, 0.3) is 5.69 Å². The molecule has 1 N–H and O–H groups in total. The lowest BCUT2D eigenvalue weighted by Gasteiger charge is -2.10. The number of hydrogen-bond acceptors (Lipinski definition) is 5. The van der Waals surface area contributed by atoms with Gasteiger partial charge in [0, 0.05) is 24.8 Å². The fourth-order valence-corrected chi connectivity index (χ4v) is 1.96. The van der Waals surface area contributed by atoms with Crippen LogP contribution in [0.4, 0.5) is 5.69 Å². The SMILES string of the molecule is CCn1cc(CNc2ccccc2-n2cnnn2)cn1. The number of aryl methyl sites for hydroxylation is 1. The summed E-state index contributed by atoms with van der Waals surface area (Å²) in [7, 11) is 0. The van der Waals surface area contributed by atoms with E-state index in [1.54, 1.807) is 11.0 Å². The molecule has 3 rings (SSSR count). The van der Waals surface area contributed by atoms with E-state index in [1.165, 1.54) is 0 Å². The van der Waals surface area contributed by atoms with Crippen LogP contribution in [0.15, 0.2) is 43.0 Å². The van der Waals surface area contributed by atoms with Crippen LogP contribution in [0.1, 0.15) is 12.5 Å². The van der Waals surface area contributed by atoms with Crippen molar-refractivity contribution in [1.82, 2.24) is 30.0 Å². The first-order chi connectivity index (χ1) is 9.86. The molecule has 1 aromatic carbocycles. The highest BCUT2D eigenvalue weighted by atomic mass is 15.5. The van der Waals surface area contributed by atoms with Crippen molar-refractivity contribution in [3.63, 3.8) is 0 Å². The van der Waals surface area contributed by atoms with Gasteiger partial charge in [-0.1, -0.05) is 12.1 Å². The van der Waals surface area contributed by atoms with Crippen molar-refractivity contribution >= 4 is 5.69 Å². The van der Waals surface area contributed by atoms with Crippen LogP contribution in [0, 0.1) is 0 Å². The van der Waals surface area contributed by atoms with Crippen molar-refractivity contribution < 1.29 is 0 Å². The van der Waals surface area contributed by atoms with Crippen LogP contribution < -0.4 is 5.32 Å². The molecule has 0 aliphatic carbocycles. The van der Waals surface area contributed by atoms with E-state index >= 15 is 0 Å². The predicted octanol–water partition coefficient (Wildman–Crippen LogP) is 1.49. The van der Waals surface area contributed by atoms with Gasteiger partial charge in [-0.15, -0.1) is 5.10 Å². The monoisotopic (exact) mass is 269 g/mol. The van der Waals surface area contributed by atoms with Crippen molar-refractivity contribution in [1.29, 1.82) is 0 Å². The molecule has 3 aromatic rings. The Labute approximate surface area is 116 Å². The van der Waals surface area contributed by atoms with Gasteiger partial charge in [-0.25, -0.2) is 0 Å². The third-order valence-corrected chi connectivity index (χ3v) is 2.99. The fraction of sp³-hybridized carbons (Fsp3) is 0.231. The van der Waals surface area contributed by atoms with Gasteiger partial charge in [-0.3, -0.25) is 4.68 Å². The topological polar surface area (TPSA) is 73.5 Å². The Morgan fingerprint density at radius 1 is 1.25 bits per heavy atom. The smallest absolute Gasteiger partial charge is 0.143 e. The second-order valence-corrected chi connectivity index (χ2v) is 4.33. The van der Waals surface area contributed by atoms with E-state index in [-0.39, 0.29) is 0 Å². The van der Waals surface area contributed by atoms with E-state index < -0.39 is 0 Å². The molecular weight excluding hydrogens is 254 g/mol. The number of rotatable bonds is 5. The number of hydrogen-bond donors (Lipinski definition) is 1. The molecule has 0 atom stereocenters. The van der Waals surface area contributed by atoms with Gasteiger partial charge >= 0.3 is 0 Å². The molecule has 2 heterocycles. The van der Waals surface area contributed by atoms with E-state index in [9.17, 15) is 0 Å². The molecule has 0 unspecified atom stereocenters. The first-order valence-corrected chi connectivity index (χ1v) is 6.44. The molecule has 0 radical (unpaired) electrons. The molecule has 102 valence electrons. The van der Waals surface area contributed by atoms with Crippen LogP contribution in [0.3, 0.4) is 0 Å². The Kier molecular flexibility index (Phi) is 3.40. The third-order valence-electron chi connectivity index (χ3n) is 2.99. The van der Waals surface area contributed by atoms with Gasteiger partial charge in [0.05, 0.1) is 17.6 Å². The summed E-state index contributed by atoms with van der Waals surface area (Å²) in [6.45, 7) is 3.65. The Hall–Kier alpha value is -2.70. The number of anilines is 1. The average Bonchev–Trinajstić information content (AvgIpc) is 3.17. The maximum Gasteiger partial charge on any atom is 0.143 e. The average molecular weight is 269 g/mol. The second-order valence-electron chi connectivity index (χ2n) is 4.33. The molecule has 0 fully saturated rings. The zero-order chi connectivity index (χ0) is 13.8. The minimum Gasteiger partial charge on any atom is -0.379 e. The number of nitrogens with zero attached hydrogens (tertiary/aromatic N) is 6.